The zero-order valence-corrected chi connectivity index (χ0v) is 20.8. The number of carbonyl (C=O) groups excluding carboxylic acids is 2. The molecule has 0 radical (unpaired) electrons. The Morgan fingerprint density at radius 1 is 1.00 bits per heavy atom. The second kappa shape index (κ2) is 13.1. The summed E-state index contributed by atoms with van der Waals surface area (Å²) in [5.41, 5.74) is 5.88. The normalized spacial score (nSPS) is 12.1. The molecular formula is C25H22ClN5O8. The largest absolute Gasteiger partial charge is 0.479 e. The fraction of sp³-hybridized carbons (Fsp3) is 0.160. The van der Waals surface area contributed by atoms with Gasteiger partial charge in [0, 0.05) is 29.6 Å². The molecule has 0 unspecified atom stereocenters. The van der Waals surface area contributed by atoms with Crippen molar-refractivity contribution in [2.75, 3.05) is 5.43 Å². The number of rotatable bonds is 11. The molecule has 5 N–H and O–H groups in total. The highest BCUT2D eigenvalue weighted by atomic mass is 35.5. The summed E-state index contributed by atoms with van der Waals surface area (Å²) < 4.78 is 0. The number of aliphatic carboxylic acids is 1. The summed E-state index contributed by atoms with van der Waals surface area (Å²) >= 11 is 6.04. The van der Waals surface area contributed by atoms with E-state index >= 15 is 0 Å². The molecule has 0 aliphatic heterocycles. The molecule has 0 fully saturated rings. The zero-order valence-electron chi connectivity index (χ0n) is 20.0. The molecule has 0 saturated heterocycles. The number of carboxylic acid groups (broad SMARTS) is 1. The van der Waals surface area contributed by atoms with E-state index in [0.29, 0.717) is 10.6 Å². The van der Waals surface area contributed by atoms with Crippen molar-refractivity contribution in [2.45, 2.75) is 25.0 Å². The van der Waals surface area contributed by atoms with Gasteiger partial charge in [-0.1, -0.05) is 48.0 Å². The first-order chi connectivity index (χ1) is 18.6. The number of amides is 2. The molecule has 3 aromatic carbocycles. The van der Waals surface area contributed by atoms with Crippen molar-refractivity contribution in [1.82, 2.24) is 10.7 Å². The van der Waals surface area contributed by atoms with Crippen molar-refractivity contribution in [3.8, 4) is 11.1 Å². The number of carbonyl (C=O) groups is 3. The van der Waals surface area contributed by atoms with Crippen LogP contribution in [-0.2, 0) is 20.8 Å². The molecule has 0 aliphatic carbocycles. The molecule has 39 heavy (non-hydrogen) atoms. The number of benzene rings is 3. The van der Waals surface area contributed by atoms with Crippen LogP contribution in [0.15, 0.2) is 71.9 Å². The maximum absolute atomic E-state index is 12.5. The molecule has 0 aliphatic rings. The summed E-state index contributed by atoms with van der Waals surface area (Å²) in [6, 6.07) is 16.5. The number of halogens is 1. The number of nitro groups is 1. The molecule has 2 atom stereocenters. The summed E-state index contributed by atoms with van der Waals surface area (Å²) in [5, 5.41) is 35.4. The van der Waals surface area contributed by atoms with Crippen LogP contribution in [0.5, 0.6) is 0 Å². The van der Waals surface area contributed by atoms with Gasteiger partial charge in [0.2, 0.25) is 0 Å². The van der Waals surface area contributed by atoms with E-state index < -0.39 is 40.5 Å². The minimum absolute atomic E-state index is 0.0914. The van der Waals surface area contributed by atoms with E-state index in [2.05, 4.69) is 15.9 Å². The van der Waals surface area contributed by atoms with Crippen molar-refractivity contribution >= 4 is 46.4 Å². The van der Waals surface area contributed by atoms with Crippen LogP contribution in [0, 0.1) is 15.0 Å². The van der Waals surface area contributed by atoms with Gasteiger partial charge < -0.3 is 15.5 Å². The van der Waals surface area contributed by atoms with Crippen LogP contribution in [0.25, 0.3) is 11.1 Å². The molecule has 0 aromatic heterocycles. The lowest BCUT2D eigenvalue weighted by molar-refractivity contribution is -0.384. The quantitative estimate of drug-likeness (QED) is 0.102. The van der Waals surface area contributed by atoms with E-state index in [0.717, 1.165) is 29.3 Å². The average molecular weight is 556 g/mol. The molecular weight excluding hydrogens is 534 g/mol. The molecule has 14 heteroatoms. The van der Waals surface area contributed by atoms with Gasteiger partial charge in [-0.05, 0) is 46.5 Å². The van der Waals surface area contributed by atoms with Gasteiger partial charge in [0.25, 0.3) is 5.69 Å². The van der Waals surface area contributed by atoms with Gasteiger partial charge in [0.15, 0.2) is 6.10 Å². The number of nitro benzene ring substituents is 1. The van der Waals surface area contributed by atoms with Gasteiger partial charge in [-0.2, -0.15) is 0 Å². The summed E-state index contributed by atoms with van der Waals surface area (Å²) in [6.07, 6.45) is -2.10. The molecule has 2 amide bonds. The van der Waals surface area contributed by atoms with E-state index in [9.17, 15) is 34.5 Å². The van der Waals surface area contributed by atoms with E-state index in [-0.39, 0.29) is 24.2 Å². The van der Waals surface area contributed by atoms with Crippen LogP contribution in [0.2, 0.25) is 5.02 Å². The topological polar surface area (TPSA) is 200 Å². The van der Waals surface area contributed by atoms with Gasteiger partial charge >= 0.3 is 17.8 Å². The number of hydrazine groups is 1. The van der Waals surface area contributed by atoms with Crippen molar-refractivity contribution in [3.63, 3.8) is 0 Å². The second-order valence-electron chi connectivity index (χ2n) is 8.30. The first-order valence-electron chi connectivity index (χ1n) is 11.3. The molecule has 0 saturated carbocycles. The first-order valence-corrected chi connectivity index (χ1v) is 11.7. The number of nitrogens with zero attached hydrogens (tertiary/aromatic N) is 2. The number of aliphatic hydroxyl groups is 1. The smallest absolute Gasteiger partial charge is 0.332 e. The first kappa shape index (κ1) is 28.7. The van der Waals surface area contributed by atoms with E-state index in [4.69, 9.17) is 16.7 Å². The Kier molecular flexibility index (Phi) is 9.62. The molecule has 0 bridgehead atoms. The van der Waals surface area contributed by atoms with Crippen LogP contribution in [0.4, 0.5) is 17.1 Å². The third-order valence-corrected chi connectivity index (χ3v) is 5.76. The molecule has 202 valence electrons. The Balaban J connectivity index is 1.68. The lowest BCUT2D eigenvalue weighted by Crippen LogP contribution is -2.48. The minimum Gasteiger partial charge on any atom is -0.479 e. The number of carboxylic acids is 1. The van der Waals surface area contributed by atoms with Crippen molar-refractivity contribution in [1.29, 1.82) is 0 Å². The number of hydrogen-bond acceptors (Lipinski definition) is 9. The summed E-state index contributed by atoms with van der Waals surface area (Å²) in [5.74, 6) is -3.87. The molecule has 3 aromatic rings. The summed E-state index contributed by atoms with van der Waals surface area (Å²) in [6.45, 7) is 0. The molecule has 3 rings (SSSR count). The molecule has 0 heterocycles. The number of hydrogen-bond donors (Lipinski definition) is 5. The maximum Gasteiger partial charge on any atom is 0.332 e. The number of anilines is 1. The number of nitroso groups, excluding NO2 is 1. The van der Waals surface area contributed by atoms with Gasteiger partial charge in [-0.15, -0.1) is 4.91 Å². The average Bonchev–Trinajstić information content (AvgIpc) is 2.91. The van der Waals surface area contributed by atoms with Crippen molar-refractivity contribution in [2.24, 2.45) is 5.18 Å². The highest BCUT2D eigenvalue weighted by Gasteiger charge is 2.25. The standard InChI is InChI=1S/C25H22ClN5O8/c26-17-3-1-2-16(11-17)15-6-4-14(5-7-15)10-18(12-22(32)25(35)36)27-23(33)24(34)29-28-20-9-8-19(31(38)39)13-21(20)30-37/h1-9,11,13,18,22,28,32H,10,12H2,(H,27,33)(H,29,34)(H,35,36)/t18-,22-/m1/s1. The SMILES string of the molecule is O=Nc1cc([N+](=O)[O-])ccc1NNC(=O)C(=O)N[C@H](Cc1ccc(-c2cccc(Cl)c2)cc1)C[C@@H](O)C(=O)O. The van der Waals surface area contributed by atoms with Crippen LogP contribution in [-0.4, -0.2) is 45.1 Å². The van der Waals surface area contributed by atoms with E-state index in [1.54, 1.807) is 24.3 Å². The van der Waals surface area contributed by atoms with E-state index in [1.807, 2.05) is 29.7 Å². The van der Waals surface area contributed by atoms with Crippen molar-refractivity contribution in [3.05, 3.63) is 92.3 Å². The van der Waals surface area contributed by atoms with Gasteiger partial charge in [-0.3, -0.25) is 30.6 Å². The highest BCUT2D eigenvalue weighted by Crippen LogP contribution is 2.29. The van der Waals surface area contributed by atoms with Gasteiger partial charge in [0.05, 0.1) is 10.6 Å². The fourth-order valence-electron chi connectivity index (χ4n) is 3.60. The van der Waals surface area contributed by atoms with Crippen LogP contribution >= 0.6 is 11.6 Å². The Morgan fingerprint density at radius 3 is 2.33 bits per heavy atom. The maximum atomic E-state index is 12.5. The monoisotopic (exact) mass is 555 g/mol. The van der Waals surface area contributed by atoms with Crippen LogP contribution in [0.1, 0.15) is 12.0 Å². The number of aliphatic hydroxyl groups excluding tert-OH is 1. The Labute approximate surface area is 225 Å². The minimum atomic E-state index is -1.80. The Bertz CT molecular complexity index is 1400. The lowest BCUT2D eigenvalue weighted by atomic mass is 9.98. The van der Waals surface area contributed by atoms with Crippen molar-refractivity contribution < 1.29 is 29.5 Å². The van der Waals surface area contributed by atoms with Gasteiger partial charge in [-0.25, -0.2) is 4.79 Å². The van der Waals surface area contributed by atoms with Crippen LogP contribution in [0.3, 0.4) is 0 Å². The number of nitrogens with one attached hydrogen (secondary N) is 3. The van der Waals surface area contributed by atoms with E-state index in [1.165, 1.54) is 0 Å². The predicted molar refractivity (Wildman–Crippen MR) is 141 cm³/mol. The van der Waals surface area contributed by atoms with Crippen LogP contribution < -0.4 is 16.2 Å². The van der Waals surface area contributed by atoms with Gasteiger partial charge in [0.1, 0.15) is 5.69 Å². The Morgan fingerprint density at radius 2 is 1.72 bits per heavy atom. The summed E-state index contributed by atoms with van der Waals surface area (Å²) in [4.78, 5) is 57.1. The summed E-state index contributed by atoms with van der Waals surface area (Å²) in [7, 11) is 0. The predicted octanol–water partition coefficient (Wildman–Crippen LogP) is 3.32. The third-order valence-electron chi connectivity index (χ3n) is 5.53. The molecule has 0 spiro atoms. The highest BCUT2D eigenvalue weighted by molar-refractivity contribution is 6.35. The number of non-ortho nitro benzene ring substituents is 1. The third kappa shape index (κ3) is 8.05. The Hall–Kier alpha value is -4.88. The fourth-order valence-corrected chi connectivity index (χ4v) is 3.79. The lowest BCUT2D eigenvalue weighted by Gasteiger charge is -2.20. The zero-order chi connectivity index (χ0) is 28.5. The molecule has 13 nitrogen and oxygen atoms in total. The second-order valence-corrected chi connectivity index (χ2v) is 8.74.